The van der Waals surface area contributed by atoms with Crippen LogP contribution in [0.15, 0.2) is 24.0 Å². The quantitative estimate of drug-likeness (QED) is 0.619. The van der Waals surface area contributed by atoms with Gasteiger partial charge >= 0.3 is 12.8 Å². The van der Waals surface area contributed by atoms with Gasteiger partial charge in [-0.3, -0.25) is 4.79 Å². The van der Waals surface area contributed by atoms with Crippen molar-refractivity contribution in [3.63, 3.8) is 0 Å². The molecule has 2 atom stereocenters. The predicted molar refractivity (Wildman–Crippen MR) is 65.6 cm³/mol. The molecule has 0 spiro atoms. The topological polar surface area (TPSA) is 64.6 Å². The fraction of sp³-hybridized carbons (Fsp3) is 0.500. The Balaban J connectivity index is 2.56. The number of hydrogen-bond donors (Lipinski definition) is 1. The van der Waals surface area contributed by atoms with Gasteiger partial charge < -0.3 is 9.26 Å². The molecule has 0 aliphatic heterocycles. The highest BCUT2D eigenvalue weighted by molar-refractivity contribution is 7.83. The fourth-order valence-corrected chi connectivity index (χ4v) is 2.99. The van der Waals surface area contributed by atoms with Crippen LogP contribution in [0.25, 0.3) is 0 Å². The zero-order valence-corrected chi connectivity index (χ0v) is 11.3. The van der Waals surface area contributed by atoms with Gasteiger partial charge in [0.25, 0.3) is 0 Å². The minimum atomic E-state index is -3.58. The summed E-state index contributed by atoms with van der Waals surface area (Å²) in [6, 6.07) is -0.795. The molecule has 17 heavy (non-hydrogen) atoms. The summed E-state index contributed by atoms with van der Waals surface area (Å²) in [5, 5.41) is 2.40. The van der Waals surface area contributed by atoms with Crippen LogP contribution in [0.4, 0.5) is 0 Å². The maximum absolute atomic E-state index is 11.9. The number of nitrogens with one attached hydrogen (secondary N) is 1. The van der Waals surface area contributed by atoms with Gasteiger partial charge in [-0.25, -0.2) is 9.65 Å². The van der Waals surface area contributed by atoms with Crippen LogP contribution in [-0.2, 0) is 18.6 Å². The van der Waals surface area contributed by atoms with E-state index in [9.17, 15) is 9.36 Å². The van der Waals surface area contributed by atoms with E-state index in [1.54, 1.807) is 12.2 Å². The Kier molecular flexibility index (Phi) is 5.25. The molecule has 1 aliphatic rings. The summed E-state index contributed by atoms with van der Waals surface area (Å²) in [7, 11) is 1.24. The second-order valence-corrected chi connectivity index (χ2v) is 6.27. The highest BCUT2D eigenvalue weighted by atomic mass is 35.7. The molecule has 1 rings (SSSR count). The molecule has 0 bridgehead atoms. The van der Waals surface area contributed by atoms with Crippen molar-refractivity contribution in [1.29, 1.82) is 0 Å². The van der Waals surface area contributed by atoms with Crippen molar-refractivity contribution in [2.24, 2.45) is 0 Å². The summed E-state index contributed by atoms with van der Waals surface area (Å²) in [6.07, 6.45) is 7.12. The fourth-order valence-electron chi connectivity index (χ4n) is 1.28. The first-order valence-corrected chi connectivity index (χ1v) is 7.69. The highest BCUT2D eigenvalue weighted by Gasteiger charge is 2.28. The summed E-state index contributed by atoms with van der Waals surface area (Å²) in [5.74, 6) is -0.109. The lowest BCUT2D eigenvalue weighted by Gasteiger charge is -2.18. The van der Waals surface area contributed by atoms with Crippen molar-refractivity contribution in [2.45, 2.75) is 25.8 Å². The van der Waals surface area contributed by atoms with E-state index in [0.717, 1.165) is 12.8 Å². The van der Waals surface area contributed by atoms with E-state index in [4.69, 9.17) is 15.8 Å². The Labute approximate surface area is 105 Å². The van der Waals surface area contributed by atoms with Gasteiger partial charge in [-0.1, -0.05) is 6.08 Å². The number of hydrogen-bond acceptors (Lipinski definition) is 4. The molecular formula is C10H15ClNO4P. The van der Waals surface area contributed by atoms with Gasteiger partial charge in [0.05, 0.1) is 7.11 Å². The number of esters is 1. The molecule has 0 amide bonds. The van der Waals surface area contributed by atoms with E-state index in [-0.39, 0.29) is 0 Å². The zero-order valence-electron chi connectivity index (χ0n) is 9.68. The minimum Gasteiger partial charge on any atom is -0.468 e. The Hall–Kier alpha value is -0.770. The largest absolute Gasteiger partial charge is 0.468 e. The molecular weight excluding hydrogens is 265 g/mol. The van der Waals surface area contributed by atoms with Crippen molar-refractivity contribution in [3.05, 3.63) is 24.0 Å². The van der Waals surface area contributed by atoms with E-state index in [2.05, 4.69) is 9.82 Å². The molecule has 1 N–H and O–H groups in total. The van der Waals surface area contributed by atoms with Crippen molar-refractivity contribution < 1.29 is 18.6 Å². The molecule has 0 saturated heterocycles. The van der Waals surface area contributed by atoms with Gasteiger partial charge in [0, 0.05) is 11.2 Å². The van der Waals surface area contributed by atoms with Crippen LogP contribution in [0.1, 0.15) is 19.8 Å². The van der Waals surface area contributed by atoms with Gasteiger partial charge in [0.2, 0.25) is 0 Å². The Morgan fingerprint density at radius 2 is 2.29 bits per heavy atom. The molecule has 0 saturated carbocycles. The molecule has 1 aliphatic carbocycles. The molecule has 0 fully saturated rings. The van der Waals surface area contributed by atoms with E-state index < -0.39 is 18.9 Å². The molecule has 7 heteroatoms. The van der Waals surface area contributed by atoms with Crippen molar-refractivity contribution in [2.75, 3.05) is 7.11 Å². The SMILES string of the molecule is COC(=O)[C@H](C)NP(=O)(Cl)OC1=CCCC=C1. The second-order valence-electron chi connectivity index (χ2n) is 3.53. The summed E-state index contributed by atoms with van der Waals surface area (Å²) in [4.78, 5) is 11.1. The average molecular weight is 280 g/mol. The first-order chi connectivity index (χ1) is 7.94. The molecule has 0 aromatic heterocycles. The molecule has 96 valence electrons. The molecule has 5 nitrogen and oxygen atoms in total. The minimum absolute atomic E-state index is 0.444. The van der Waals surface area contributed by atoms with Gasteiger partial charge in [0.15, 0.2) is 0 Å². The number of ether oxygens (including phenoxy) is 1. The number of halogens is 1. The summed E-state index contributed by atoms with van der Waals surface area (Å²) < 4.78 is 21.5. The molecule has 0 radical (unpaired) electrons. The Morgan fingerprint density at radius 3 is 2.82 bits per heavy atom. The van der Waals surface area contributed by atoms with E-state index >= 15 is 0 Å². The van der Waals surface area contributed by atoms with E-state index in [1.165, 1.54) is 14.0 Å². The van der Waals surface area contributed by atoms with Crippen molar-refractivity contribution in [1.82, 2.24) is 5.09 Å². The zero-order chi connectivity index (χ0) is 12.9. The lowest BCUT2D eigenvalue weighted by atomic mass is 10.2. The monoisotopic (exact) mass is 279 g/mol. The van der Waals surface area contributed by atoms with Crippen LogP contribution in [0, 0.1) is 0 Å². The Bertz CT molecular complexity index is 394. The third-order valence-electron chi connectivity index (χ3n) is 2.09. The third kappa shape index (κ3) is 4.94. The highest BCUT2D eigenvalue weighted by Crippen LogP contribution is 2.51. The average Bonchev–Trinajstić information content (AvgIpc) is 2.27. The van der Waals surface area contributed by atoms with Gasteiger partial charge in [-0.05, 0) is 31.9 Å². The normalized spacial score (nSPS) is 20.1. The van der Waals surface area contributed by atoms with Crippen LogP contribution in [-0.4, -0.2) is 19.1 Å². The van der Waals surface area contributed by atoms with Crippen LogP contribution in [0.2, 0.25) is 0 Å². The van der Waals surface area contributed by atoms with Crippen LogP contribution >= 0.6 is 18.1 Å². The lowest BCUT2D eigenvalue weighted by molar-refractivity contribution is -0.142. The number of carbonyl (C=O) groups is 1. The second kappa shape index (κ2) is 6.24. The number of rotatable bonds is 5. The Morgan fingerprint density at radius 1 is 1.59 bits per heavy atom. The van der Waals surface area contributed by atoms with Crippen LogP contribution in [0.3, 0.4) is 0 Å². The maximum atomic E-state index is 11.9. The van der Waals surface area contributed by atoms with Gasteiger partial charge in [-0.15, -0.1) is 0 Å². The van der Waals surface area contributed by atoms with E-state index in [0.29, 0.717) is 5.76 Å². The number of carbonyl (C=O) groups excluding carboxylic acids is 1. The smallest absolute Gasteiger partial charge is 0.409 e. The number of allylic oxidation sites excluding steroid dienone is 3. The summed E-state index contributed by atoms with van der Waals surface area (Å²) in [5.41, 5.74) is 0. The third-order valence-corrected chi connectivity index (χ3v) is 3.73. The first-order valence-electron chi connectivity index (χ1n) is 5.16. The maximum Gasteiger partial charge on any atom is 0.409 e. The first kappa shape index (κ1) is 14.3. The molecule has 0 aromatic carbocycles. The van der Waals surface area contributed by atoms with Crippen molar-refractivity contribution in [3.8, 4) is 0 Å². The molecule has 1 unspecified atom stereocenters. The molecule has 0 heterocycles. The van der Waals surface area contributed by atoms with Gasteiger partial charge in [-0.2, -0.15) is 0 Å². The lowest BCUT2D eigenvalue weighted by Crippen LogP contribution is -2.31. The standard InChI is InChI=1S/C10H15ClNO4P/c1-8(10(13)15-2)12-17(11,14)16-9-6-4-3-5-7-9/h4,6-8H,3,5H2,1-2H3,(H,12,14)/t8-,17?/m0/s1. The molecule has 0 aromatic rings. The van der Waals surface area contributed by atoms with Gasteiger partial charge in [0.1, 0.15) is 11.8 Å². The van der Waals surface area contributed by atoms with Crippen LogP contribution < -0.4 is 5.09 Å². The summed E-state index contributed by atoms with van der Waals surface area (Å²) >= 11 is 5.71. The van der Waals surface area contributed by atoms with Crippen LogP contribution in [0.5, 0.6) is 0 Å². The number of methoxy groups -OCH3 is 1. The summed E-state index contributed by atoms with van der Waals surface area (Å²) in [6.45, 7) is -2.09. The predicted octanol–water partition coefficient (Wildman–Crippen LogP) is 2.73. The van der Waals surface area contributed by atoms with Crippen molar-refractivity contribution >= 4 is 24.1 Å². The van der Waals surface area contributed by atoms with E-state index in [1.807, 2.05) is 6.08 Å².